The number of hydrogen-bond acceptors (Lipinski definition) is 4. The third kappa shape index (κ3) is 3.97. The first-order valence-corrected chi connectivity index (χ1v) is 8.64. The van der Waals surface area contributed by atoms with E-state index in [1.54, 1.807) is 6.20 Å². The lowest BCUT2D eigenvalue weighted by Gasteiger charge is -2.25. The van der Waals surface area contributed by atoms with Gasteiger partial charge in [0.25, 0.3) is 5.56 Å². The molecule has 5 nitrogen and oxygen atoms in total. The van der Waals surface area contributed by atoms with E-state index in [9.17, 15) is 4.79 Å². The van der Waals surface area contributed by atoms with Crippen LogP contribution in [0.4, 0.5) is 5.69 Å². The van der Waals surface area contributed by atoms with E-state index in [4.69, 9.17) is 11.6 Å². The molecule has 1 saturated carbocycles. The van der Waals surface area contributed by atoms with Crippen molar-refractivity contribution >= 4 is 17.3 Å². The molecular formula is C18H23ClN4O. The molecule has 1 aliphatic carbocycles. The van der Waals surface area contributed by atoms with Gasteiger partial charge in [-0.2, -0.15) is 5.10 Å². The van der Waals surface area contributed by atoms with Crippen molar-refractivity contribution in [1.82, 2.24) is 14.7 Å². The second kappa shape index (κ2) is 7.36. The van der Waals surface area contributed by atoms with Gasteiger partial charge in [-0.1, -0.05) is 41.9 Å². The highest BCUT2D eigenvalue weighted by Gasteiger charge is 2.32. The van der Waals surface area contributed by atoms with E-state index in [-0.39, 0.29) is 10.6 Å². The fraction of sp³-hybridized carbons (Fsp3) is 0.444. The van der Waals surface area contributed by atoms with Gasteiger partial charge in [0, 0.05) is 12.6 Å². The molecule has 6 heteroatoms. The number of nitrogens with zero attached hydrogens (tertiary/aromatic N) is 3. The summed E-state index contributed by atoms with van der Waals surface area (Å²) >= 11 is 6.27. The molecule has 1 heterocycles. The summed E-state index contributed by atoms with van der Waals surface area (Å²) in [6.45, 7) is 1.18. The van der Waals surface area contributed by atoms with Crippen LogP contribution in [0.25, 0.3) is 0 Å². The van der Waals surface area contributed by atoms with Crippen LogP contribution in [0.15, 0.2) is 41.3 Å². The lowest BCUT2D eigenvalue weighted by atomic mass is 10.1. The Balaban J connectivity index is 1.71. The molecular weight excluding hydrogens is 324 g/mol. The molecule has 0 spiro atoms. The van der Waals surface area contributed by atoms with Crippen LogP contribution in [0.1, 0.15) is 18.4 Å². The van der Waals surface area contributed by atoms with Gasteiger partial charge in [-0.25, -0.2) is 4.68 Å². The average Bonchev–Trinajstić information content (AvgIpc) is 3.39. The van der Waals surface area contributed by atoms with E-state index in [2.05, 4.69) is 29.4 Å². The Morgan fingerprint density at radius 1 is 1.33 bits per heavy atom. The number of likely N-dealkylation sites (N-methyl/N-ethyl adjacent to an activating group) is 1. The van der Waals surface area contributed by atoms with Crippen molar-refractivity contribution < 1.29 is 0 Å². The molecule has 1 aromatic carbocycles. The van der Waals surface area contributed by atoms with Crippen molar-refractivity contribution in [2.75, 3.05) is 26.0 Å². The van der Waals surface area contributed by atoms with Gasteiger partial charge in [-0.15, -0.1) is 0 Å². The Bertz CT molecular complexity index is 738. The van der Waals surface area contributed by atoms with Crippen LogP contribution >= 0.6 is 11.6 Å². The summed E-state index contributed by atoms with van der Waals surface area (Å²) in [5.74, 6) is 0.734. The highest BCUT2D eigenvalue weighted by Crippen LogP contribution is 2.34. The minimum atomic E-state index is -0.265. The Labute approximate surface area is 147 Å². The number of halogens is 1. The van der Waals surface area contributed by atoms with Gasteiger partial charge in [-0.3, -0.25) is 4.79 Å². The molecule has 1 atom stereocenters. The fourth-order valence-corrected chi connectivity index (χ4v) is 3.14. The van der Waals surface area contributed by atoms with Crippen molar-refractivity contribution in [2.45, 2.75) is 25.4 Å². The summed E-state index contributed by atoms with van der Waals surface area (Å²) < 4.78 is 1.40. The van der Waals surface area contributed by atoms with Crippen molar-refractivity contribution in [1.29, 1.82) is 0 Å². The molecule has 128 valence electrons. The van der Waals surface area contributed by atoms with E-state index < -0.39 is 0 Å². The molecule has 0 saturated heterocycles. The van der Waals surface area contributed by atoms with Crippen LogP contribution in [0.2, 0.25) is 5.02 Å². The van der Waals surface area contributed by atoms with Gasteiger partial charge < -0.3 is 10.2 Å². The maximum absolute atomic E-state index is 12.4. The topological polar surface area (TPSA) is 50.2 Å². The summed E-state index contributed by atoms with van der Waals surface area (Å²) in [6, 6.07) is 10.2. The first-order chi connectivity index (χ1) is 11.6. The monoisotopic (exact) mass is 346 g/mol. The Morgan fingerprint density at radius 3 is 2.67 bits per heavy atom. The van der Waals surface area contributed by atoms with Crippen molar-refractivity contribution in [2.24, 2.45) is 5.92 Å². The summed E-state index contributed by atoms with van der Waals surface area (Å²) in [5, 5.41) is 7.76. The molecule has 24 heavy (non-hydrogen) atoms. The summed E-state index contributed by atoms with van der Waals surface area (Å²) in [6.07, 6.45) is 4.19. The third-order valence-corrected chi connectivity index (χ3v) is 4.86. The normalized spacial score (nSPS) is 15.5. The second-order valence-electron chi connectivity index (χ2n) is 6.57. The van der Waals surface area contributed by atoms with Crippen molar-refractivity contribution in [3.05, 3.63) is 57.5 Å². The minimum Gasteiger partial charge on any atom is -0.381 e. The molecule has 1 N–H and O–H groups in total. The summed E-state index contributed by atoms with van der Waals surface area (Å²) in [4.78, 5) is 14.7. The zero-order valence-corrected chi connectivity index (χ0v) is 14.8. The highest BCUT2D eigenvalue weighted by molar-refractivity contribution is 6.32. The molecule has 0 radical (unpaired) electrons. The zero-order valence-electron chi connectivity index (χ0n) is 14.1. The Kier molecular flexibility index (Phi) is 5.21. The van der Waals surface area contributed by atoms with E-state index in [1.807, 2.05) is 30.3 Å². The van der Waals surface area contributed by atoms with Crippen LogP contribution < -0.4 is 10.9 Å². The summed E-state index contributed by atoms with van der Waals surface area (Å²) in [7, 11) is 4.17. The van der Waals surface area contributed by atoms with Crippen molar-refractivity contribution in [3.8, 4) is 0 Å². The first-order valence-electron chi connectivity index (χ1n) is 8.26. The van der Waals surface area contributed by atoms with E-state index in [0.717, 1.165) is 18.0 Å². The molecule has 2 aromatic rings. The van der Waals surface area contributed by atoms with Crippen LogP contribution in [-0.4, -0.2) is 41.4 Å². The van der Waals surface area contributed by atoms with E-state index >= 15 is 0 Å². The lowest BCUT2D eigenvalue weighted by molar-refractivity contribution is 0.276. The number of rotatable bonds is 7. The van der Waals surface area contributed by atoms with Gasteiger partial charge in [0.15, 0.2) is 0 Å². The van der Waals surface area contributed by atoms with Crippen LogP contribution in [-0.2, 0) is 6.54 Å². The lowest BCUT2D eigenvalue weighted by Crippen LogP contribution is -2.36. The molecule has 3 rings (SSSR count). The van der Waals surface area contributed by atoms with Gasteiger partial charge in [0.1, 0.15) is 5.02 Å². The standard InChI is InChI=1S/C18H23ClN4O/c1-22(2)16(14-8-9-14)11-20-15-10-21-23(18(24)17(15)19)12-13-6-4-3-5-7-13/h3-7,10,14,16,20H,8-9,11-12H2,1-2H3. The molecule has 1 aromatic heterocycles. The van der Waals surface area contributed by atoms with Gasteiger partial charge in [-0.05, 0) is 38.4 Å². The van der Waals surface area contributed by atoms with Gasteiger partial charge in [0.05, 0.1) is 18.4 Å². The maximum atomic E-state index is 12.4. The number of anilines is 1. The van der Waals surface area contributed by atoms with E-state index in [0.29, 0.717) is 18.3 Å². The fourth-order valence-electron chi connectivity index (χ4n) is 2.92. The molecule has 0 amide bonds. The van der Waals surface area contributed by atoms with Gasteiger partial charge >= 0.3 is 0 Å². The molecule has 0 bridgehead atoms. The number of aromatic nitrogens is 2. The Morgan fingerprint density at radius 2 is 2.04 bits per heavy atom. The third-order valence-electron chi connectivity index (χ3n) is 4.49. The van der Waals surface area contributed by atoms with Gasteiger partial charge in [0.2, 0.25) is 0 Å². The van der Waals surface area contributed by atoms with Crippen LogP contribution in [0.3, 0.4) is 0 Å². The van der Waals surface area contributed by atoms with Crippen LogP contribution in [0, 0.1) is 5.92 Å². The highest BCUT2D eigenvalue weighted by atomic mass is 35.5. The number of hydrogen-bond donors (Lipinski definition) is 1. The predicted octanol–water partition coefficient (Wildman–Crippen LogP) is 2.70. The Hall–Kier alpha value is -1.85. The largest absolute Gasteiger partial charge is 0.381 e. The smallest absolute Gasteiger partial charge is 0.287 e. The zero-order chi connectivity index (χ0) is 17.1. The maximum Gasteiger partial charge on any atom is 0.287 e. The average molecular weight is 347 g/mol. The minimum absolute atomic E-state index is 0.203. The quantitative estimate of drug-likeness (QED) is 0.837. The van der Waals surface area contributed by atoms with Crippen molar-refractivity contribution in [3.63, 3.8) is 0 Å². The molecule has 0 aliphatic heterocycles. The predicted molar refractivity (Wildman–Crippen MR) is 97.7 cm³/mol. The SMILES string of the molecule is CN(C)C(CNc1cnn(Cc2ccccc2)c(=O)c1Cl)C1CC1. The second-order valence-corrected chi connectivity index (χ2v) is 6.95. The van der Waals surface area contributed by atoms with Crippen LogP contribution in [0.5, 0.6) is 0 Å². The molecule has 1 unspecified atom stereocenters. The number of nitrogens with one attached hydrogen (secondary N) is 1. The summed E-state index contributed by atoms with van der Waals surface area (Å²) in [5.41, 5.74) is 1.36. The first kappa shape index (κ1) is 17.0. The molecule has 1 fully saturated rings. The molecule has 1 aliphatic rings. The van der Waals surface area contributed by atoms with E-state index in [1.165, 1.54) is 17.5 Å². The number of benzene rings is 1.